The van der Waals surface area contributed by atoms with Gasteiger partial charge in [0.2, 0.25) is 0 Å². The number of rotatable bonds is 4. The highest BCUT2D eigenvalue weighted by atomic mass is 79.9. The fourth-order valence-corrected chi connectivity index (χ4v) is 1.71. The summed E-state index contributed by atoms with van der Waals surface area (Å²) in [6.07, 6.45) is 0. The summed E-state index contributed by atoms with van der Waals surface area (Å²) in [5.41, 5.74) is 9.04. The number of azide groups is 1. The van der Waals surface area contributed by atoms with Crippen LogP contribution in [0.3, 0.4) is 0 Å². The number of nitrogens with zero attached hydrogens (tertiary/aromatic N) is 3. The Kier molecular flexibility index (Phi) is 4.82. The van der Waals surface area contributed by atoms with Crippen molar-refractivity contribution in [1.29, 1.82) is 0 Å². The molecule has 1 aromatic rings. The van der Waals surface area contributed by atoms with Crippen molar-refractivity contribution in [3.8, 4) is 0 Å². The molecule has 1 unspecified atom stereocenters. The van der Waals surface area contributed by atoms with Crippen molar-refractivity contribution in [2.24, 2.45) is 5.11 Å². The van der Waals surface area contributed by atoms with Crippen LogP contribution >= 0.6 is 15.9 Å². The van der Waals surface area contributed by atoms with E-state index in [-0.39, 0.29) is 6.61 Å². The standard InChI is InChI=1S/C10H10BrN3O2/c1-2-16-10(15)9(13-14-12)7-5-3-4-6-8(7)11/h3-6,9H,2H2,1H3. The van der Waals surface area contributed by atoms with Crippen LogP contribution in [0.5, 0.6) is 0 Å². The smallest absolute Gasteiger partial charge is 0.319 e. The first-order chi connectivity index (χ1) is 7.70. The average molecular weight is 284 g/mol. The van der Waals surface area contributed by atoms with Crippen molar-refractivity contribution in [3.63, 3.8) is 0 Å². The zero-order valence-corrected chi connectivity index (χ0v) is 10.2. The first-order valence-electron chi connectivity index (χ1n) is 4.66. The Bertz CT molecular complexity index is 430. The Labute approximate surface area is 101 Å². The van der Waals surface area contributed by atoms with E-state index < -0.39 is 12.0 Å². The minimum atomic E-state index is -0.944. The normalized spacial score (nSPS) is 11.4. The van der Waals surface area contributed by atoms with Gasteiger partial charge in [-0.1, -0.05) is 39.2 Å². The summed E-state index contributed by atoms with van der Waals surface area (Å²) in [4.78, 5) is 14.2. The number of hydrogen-bond donors (Lipinski definition) is 0. The van der Waals surface area contributed by atoms with Crippen LogP contribution in [-0.4, -0.2) is 12.6 Å². The van der Waals surface area contributed by atoms with E-state index >= 15 is 0 Å². The van der Waals surface area contributed by atoms with Crippen LogP contribution in [0.4, 0.5) is 0 Å². The molecule has 1 rings (SSSR count). The van der Waals surface area contributed by atoms with Gasteiger partial charge in [-0.25, -0.2) is 0 Å². The third-order valence-corrected chi connectivity index (χ3v) is 2.60. The molecule has 0 fully saturated rings. The first-order valence-corrected chi connectivity index (χ1v) is 5.45. The molecule has 0 radical (unpaired) electrons. The Balaban J connectivity index is 3.07. The number of carbonyl (C=O) groups is 1. The quantitative estimate of drug-likeness (QED) is 0.368. The highest BCUT2D eigenvalue weighted by Gasteiger charge is 2.22. The molecular weight excluding hydrogens is 274 g/mol. The van der Waals surface area contributed by atoms with Crippen LogP contribution < -0.4 is 0 Å². The molecule has 0 aliphatic rings. The van der Waals surface area contributed by atoms with Gasteiger partial charge in [0, 0.05) is 9.38 Å². The molecule has 0 spiro atoms. The molecule has 0 aromatic heterocycles. The molecule has 16 heavy (non-hydrogen) atoms. The number of carbonyl (C=O) groups excluding carboxylic acids is 1. The fourth-order valence-electron chi connectivity index (χ4n) is 1.21. The molecule has 0 saturated carbocycles. The molecule has 6 heteroatoms. The van der Waals surface area contributed by atoms with Gasteiger partial charge in [-0.15, -0.1) is 0 Å². The number of hydrogen-bond acceptors (Lipinski definition) is 3. The van der Waals surface area contributed by atoms with Crippen LogP contribution in [-0.2, 0) is 9.53 Å². The Morgan fingerprint density at radius 1 is 1.62 bits per heavy atom. The highest BCUT2D eigenvalue weighted by molar-refractivity contribution is 9.10. The van der Waals surface area contributed by atoms with Gasteiger partial charge in [-0.3, -0.25) is 4.79 Å². The number of benzene rings is 1. The van der Waals surface area contributed by atoms with E-state index in [0.717, 1.165) is 0 Å². The maximum absolute atomic E-state index is 11.6. The number of halogens is 1. The Morgan fingerprint density at radius 2 is 2.31 bits per heavy atom. The molecule has 0 amide bonds. The van der Waals surface area contributed by atoms with Gasteiger partial charge in [0.25, 0.3) is 0 Å². The summed E-state index contributed by atoms with van der Waals surface area (Å²) < 4.78 is 5.55. The summed E-state index contributed by atoms with van der Waals surface area (Å²) in [5.74, 6) is -0.549. The van der Waals surface area contributed by atoms with Gasteiger partial charge in [0.1, 0.15) is 0 Å². The van der Waals surface area contributed by atoms with Gasteiger partial charge in [0.05, 0.1) is 6.61 Å². The van der Waals surface area contributed by atoms with E-state index in [9.17, 15) is 4.79 Å². The summed E-state index contributed by atoms with van der Waals surface area (Å²) in [6, 6.07) is 6.11. The number of ether oxygens (including phenoxy) is 1. The number of esters is 1. The van der Waals surface area contributed by atoms with Crippen molar-refractivity contribution in [3.05, 3.63) is 44.7 Å². The molecular formula is C10H10BrN3O2. The lowest BCUT2D eigenvalue weighted by Gasteiger charge is -2.11. The monoisotopic (exact) mass is 283 g/mol. The maximum Gasteiger partial charge on any atom is 0.319 e. The molecule has 0 heterocycles. The van der Waals surface area contributed by atoms with Crippen LogP contribution in [0.1, 0.15) is 18.5 Å². The Hall–Kier alpha value is -1.52. The zero-order valence-electron chi connectivity index (χ0n) is 8.63. The molecule has 84 valence electrons. The molecule has 1 aromatic carbocycles. The van der Waals surface area contributed by atoms with Crippen molar-refractivity contribution < 1.29 is 9.53 Å². The van der Waals surface area contributed by atoms with Crippen molar-refractivity contribution in [1.82, 2.24) is 0 Å². The van der Waals surface area contributed by atoms with E-state index in [1.54, 1.807) is 25.1 Å². The minimum Gasteiger partial charge on any atom is -0.465 e. The molecule has 1 atom stereocenters. The lowest BCUT2D eigenvalue weighted by atomic mass is 10.1. The maximum atomic E-state index is 11.6. The molecule has 0 aliphatic heterocycles. The molecule has 0 saturated heterocycles. The van der Waals surface area contributed by atoms with Crippen LogP contribution in [0, 0.1) is 0 Å². The third kappa shape index (κ3) is 2.98. The first kappa shape index (κ1) is 12.5. The zero-order chi connectivity index (χ0) is 12.0. The molecule has 0 aliphatic carbocycles. The van der Waals surface area contributed by atoms with Gasteiger partial charge >= 0.3 is 5.97 Å². The predicted octanol–water partition coefficient (Wildman–Crippen LogP) is 3.36. The summed E-state index contributed by atoms with van der Waals surface area (Å²) in [5, 5.41) is 3.45. The van der Waals surface area contributed by atoms with Gasteiger partial charge < -0.3 is 4.74 Å². The van der Waals surface area contributed by atoms with Crippen LogP contribution in [0.2, 0.25) is 0 Å². The van der Waals surface area contributed by atoms with Crippen LogP contribution in [0.25, 0.3) is 10.4 Å². The third-order valence-electron chi connectivity index (χ3n) is 1.88. The SMILES string of the molecule is CCOC(=O)C(N=[N+]=[N-])c1ccccc1Br. The van der Waals surface area contributed by atoms with Gasteiger partial charge in [-0.05, 0) is 24.1 Å². The van der Waals surface area contributed by atoms with Gasteiger partial charge in [0.15, 0.2) is 6.04 Å². The lowest BCUT2D eigenvalue weighted by Crippen LogP contribution is -2.14. The summed E-state index contributed by atoms with van der Waals surface area (Å²) >= 11 is 3.30. The van der Waals surface area contributed by atoms with E-state index in [1.165, 1.54) is 0 Å². The Morgan fingerprint density at radius 3 is 2.88 bits per heavy atom. The van der Waals surface area contributed by atoms with E-state index in [0.29, 0.717) is 10.0 Å². The van der Waals surface area contributed by atoms with E-state index in [1.807, 2.05) is 6.07 Å². The lowest BCUT2D eigenvalue weighted by molar-refractivity contribution is -0.144. The van der Waals surface area contributed by atoms with Crippen LogP contribution in [0.15, 0.2) is 33.9 Å². The largest absolute Gasteiger partial charge is 0.465 e. The molecule has 5 nitrogen and oxygen atoms in total. The summed E-state index contributed by atoms with van der Waals surface area (Å²) in [6.45, 7) is 1.95. The second kappa shape index (κ2) is 6.15. The highest BCUT2D eigenvalue weighted by Crippen LogP contribution is 2.27. The van der Waals surface area contributed by atoms with Gasteiger partial charge in [-0.2, -0.15) is 0 Å². The molecule has 0 N–H and O–H groups in total. The van der Waals surface area contributed by atoms with E-state index in [4.69, 9.17) is 10.3 Å². The second-order valence-corrected chi connectivity index (χ2v) is 3.74. The fraction of sp³-hybridized carbons (Fsp3) is 0.300. The second-order valence-electron chi connectivity index (χ2n) is 2.88. The average Bonchev–Trinajstić information content (AvgIpc) is 2.27. The topological polar surface area (TPSA) is 75.1 Å². The summed E-state index contributed by atoms with van der Waals surface area (Å²) in [7, 11) is 0. The van der Waals surface area contributed by atoms with Crippen molar-refractivity contribution >= 4 is 21.9 Å². The minimum absolute atomic E-state index is 0.251. The molecule has 0 bridgehead atoms. The van der Waals surface area contributed by atoms with E-state index in [2.05, 4.69) is 26.0 Å². The van der Waals surface area contributed by atoms with Crippen molar-refractivity contribution in [2.75, 3.05) is 6.61 Å². The van der Waals surface area contributed by atoms with Crippen molar-refractivity contribution in [2.45, 2.75) is 13.0 Å². The predicted molar refractivity (Wildman–Crippen MR) is 62.7 cm³/mol.